The summed E-state index contributed by atoms with van der Waals surface area (Å²) in [5.74, 6) is -0.376. The van der Waals surface area contributed by atoms with Crippen molar-refractivity contribution in [1.29, 1.82) is 5.26 Å². The molecule has 0 fully saturated rings. The Balaban J connectivity index is 2.19. The Labute approximate surface area is 163 Å². The number of benzene rings is 2. The van der Waals surface area contributed by atoms with E-state index in [1.54, 1.807) is 6.92 Å². The third kappa shape index (κ3) is 4.02. The molecule has 0 aliphatic heterocycles. The molecule has 0 saturated heterocycles. The summed E-state index contributed by atoms with van der Waals surface area (Å²) in [6.45, 7) is 2.17. The molecule has 0 unspecified atom stereocenters. The van der Waals surface area contributed by atoms with Gasteiger partial charge in [0.1, 0.15) is 11.6 Å². The minimum Gasteiger partial charge on any atom is -0.466 e. The van der Waals surface area contributed by atoms with Crippen molar-refractivity contribution in [3.05, 3.63) is 82.6 Å². The lowest BCUT2D eigenvalue weighted by Crippen LogP contribution is -2.26. The maximum absolute atomic E-state index is 13.1. The molecule has 0 saturated carbocycles. The van der Waals surface area contributed by atoms with E-state index < -0.39 is 5.56 Å². The third-order valence-corrected chi connectivity index (χ3v) is 4.41. The minimum absolute atomic E-state index is 0.0587. The predicted octanol–water partition coefficient (Wildman–Crippen LogP) is 4.01. The van der Waals surface area contributed by atoms with Gasteiger partial charge >= 0.3 is 5.97 Å². The first kappa shape index (κ1) is 19.1. The van der Waals surface area contributed by atoms with Crippen molar-refractivity contribution < 1.29 is 9.53 Å². The van der Waals surface area contributed by atoms with E-state index in [1.807, 2.05) is 72.8 Å². The first-order chi connectivity index (χ1) is 13.7. The van der Waals surface area contributed by atoms with Crippen LogP contribution in [0.15, 0.2) is 71.5 Å². The molecule has 0 atom stereocenters. The molecule has 0 amide bonds. The molecule has 3 rings (SSSR count). The van der Waals surface area contributed by atoms with Crippen LogP contribution in [0, 0.1) is 11.3 Å². The maximum Gasteiger partial charge on any atom is 0.307 e. The Bertz CT molecular complexity index is 1060. The summed E-state index contributed by atoms with van der Waals surface area (Å²) in [5, 5.41) is 9.65. The molecular weight excluding hydrogens is 352 g/mol. The highest BCUT2D eigenvalue weighted by Gasteiger charge is 2.18. The van der Waals surface area contributed by atoms with Crippen molar-refractivity contribution in [2.24, 2.45) is 0 Å². The molecule has 5 heteroatoms. The van der Waals surface area contributed by atoms with Crippen molar-refractivity contribution in [3.8, 4) is 28.5 Å². The van der Waals surface area contributed by atoms with Gasteiger partial charge in [-0.2, -0.15) is 5.26 Å². The zero-order valence-electron chi connectivity index (χ0n) is 15.6. The van der Waals surface area contributed by atoms with Crippen molar-refractivity contribution in [3.63, 3.8) is 0 Å². The van der Waals surface area contributed by atoms with Crippen molar-refractivity contribution in [2.45, 2.75) is 19.9 Å². The lowest BCUT2D eigenvalue weighted by Gasteiger charge is -2.16. The Hall–Kier alpha value is -3.65. The van der Waals surface area contributed by atoms with Crippen molar-refractivity contribution in [1.82, 2.24) is 4.57 Å². The highest BCUT2D eigenvalue weighted by molar-refractivity contribution is 5.76. The van der Waals surface area contributed by atoms with Crippen LogP contribution in [0.4, 0.5) is 0 Å². The summed E-state index contributed by atoms with van der Waals surface area (Å²) in [7, 11) is 0. The topological polar surface area (TPSA) is 72.1 Å². The number of aromatic nitrogens is 1. The number of pyridine rings is 1. The summed E-state index contributed by atoms with van der Waals surface area (Å²) in [4.78, 5) is 25.0. The minimum atomic E-state index is -0.410. The van der Waals surface area contributed by atoms with Gasteiger partial charge in [0.05, 0.1) is 18.7 Å². The van der Waals surface area contributed by atoms with E-state index in [0.29, 0.717) is 11.3 Å². The average molecular weight is 372 g/mol. The molecule has 0 aliphatic carbocycles. The second-order valence-electron chi connectivity index (χ2n) is 6.17. The predicted molar refractivity (Wildman–Crippen MR) is 108 cm³/mol. The number of hydrogen-bond acceptors (Lipinski definition) is 4. The summed E-state index contributed by atoms with van der Waals surface area (Å²) < 4.78 is 6.46. The molecule has 0 spiro atoms. The van der Waals surface area contributed by atoms with Gasteiger partial charge in [-0.1, -0.05) is 60.7 Å². The number of ether oxygens (including phenoxy) is 1. The lowest BCUT2D eigenvalue weighted by molar-refractivity contribution is -0.143. The number of nitriles is 1. The quantitative estimate of drug-likeness (QED) is 0.613. The van der Waals surface area contributed by atoms with E-state index in [1.165, 1.54) is 4.57 Å². The van der Waals surface area contributed by atoms with Crippen LogP contribution in [-0.2, 0) is 16.1 Å². The van der Waals surface area contributed by atoms with Crippen molar-refractivity contribution in [2.75, 3.05) is 6.61 Å². The SMILES string of the molecule is CCOC(=O)CCn1c(-c2ccccc2)cc(-c2ccccc2)c(C#N)c1=O. The molecule has 0 N–H and O–H groups in total. The first-order valence-corrected chi connectivity index (χ1v) is 9.10. The van der Waals surface area contributed by atoms with Gasteiger partial charge in [-0.15, -0.1) is 0 Å². The van der Waals surface area contributed by atoms with Gasteiger partial charge in [-0.3, -0.25) is 9.59 Å². The molecule has 5 nitrogen and oxygen atoms in total. The van der Waals surface area contributed by atoms with Crippen LogP contribution in [0.25, 0.3) is 22.4 Å². The van der Waals surface area contributed by atoms with E-state index in [4.69, 9.17) is 4.74 Å². The van der Waals surface area contributed by atoms with Crippen LogP contribution in [0.3, 0.4) is 0 Å². The lowest BCUT2D eigenvalue weighted by atomic mass is 9.98. The Kier molecular flexibility index (Phi) is 6.03. The van der Waals surface area contributed by atoms with Crippen LogP contribution >= 0.6 is 0 Å². The summed E-state index contributed by atoms with van der Waals surface area (Å²) in [5.41, 5.74) is 2.53. The maximum atomic E-state index is 13.1. The van der Waals surface area contributed by atoms with Crippen LogP contribution in [0.5, 0.6) is 0 Å². The summed E-state index contributed by atoms with van der Waals surface area (Å²) in [6.07, 6.45) is 0.0587. The number of carbonyl (C=O) groups is 1. The number of rotatable bonds is 6. The highest BCUT2D eigenvalue weighted by atomic mass is 16.5. The standard InChI is InChI=1S/C23H20N2O3/c1-2-28-22(26)13-14-25-21(18-11-7-4-8-12-18)15-19(20(16-24)23(25)27)17-9-5-3-6-10-17/h3-12,15H,2,13-14H2,1H3. The first-order valence-electron chi connectivity index (χ1n) is 9.10. The van der Waals surface area contributed by atoms with E-state index in [9.17, 15) is 14.9 Å². The van der Waals surface area contributed by atoms with Crippen LogP contribution in [-0.4, -0.2) is 17.1 Å². The molecule has 1 heterocycles. The average Bonchev–Trinajstić information content (AvgIpc) is 2.73. The molecular formula is C23H20N2O3. The normalized spacial score (nSPS) is 10.3. The van der Waals surface area contributed by atoms with E-state index in [2.05, 4.69) is 0 Å². The van der Waals surface area contributed by atoms with E-state index in [-0.39, 0.29) is 31.1 Å². The Morgan fingerprint density at radius 3 is 2.21 bits per heavy atom. The summed E-state index contributed by atoms with van der Waals surface area (Å²) >= 11 is 0. The number of nitrogens with zero attached hydrogens (tertiary/aromatic N) is 2. The third-order valence-electron chi connectivity index (χ3n) is 4.41. The number of carbonyl (C=O) groups excluding carboxylic acids is 1. The fourth-order valence-electron chi connectivity index (χ4n) is 3.11. The smallest absolute Gasteiger partial charge is 0.307 e. The fraction of sp³-hybridized carbons (Fsp3) is 0.174. The fourth-order valence-corrected chi connectivity index (χ4v) is 3.11. The molecule has 1 aromatic heterocycles. The molecule has 0 radical (unpaired) electrons. The second kappa shape index (κ2) is 8.83. The summed E-state index contributed by atoms with van der Waals surface area (Å²) in [6, 6.07) is 22.7. The van der Waals surface area contributed by atoms with Crippen LogP contribution < -0.4 is 5.56 Å². The van der Waals surface area contributed by atoms with Crippen molar-refractivity contribution >= 4 is 5.97 Å². The zero-order valence-corrected chi connectivity index (χ0v) is 15.6. The van der Waals surface area contributed by atoms with E-state index in [0.717, 1.165) is 11.1 Å². The molecule has 3 aromatic rings. The second-order valence-corrected chi connectivity index (χ2v) is 6.17. The highest BCUT2D eigenvalue weighted by Crippen LogP contribution is 2.27. The molecule has 2 aromatic carbocycles. The van der Waals surface area contributed by atoms with Crippen LogP contribution in [0.1, 0.15) is 18.9 Å². The molecule has 0 bridgehead atoms. The van der Waals surface area contributed by atoms with Gasteiger partial charge in [0.2, 0.25) is 0 Å². The molecule has 28 heavy (non-hydrogen) atoms. The van der Waals surface area contributed by atoms with Gasteiger partial charge in [0.15, 0.2) is 0 Å². The van der Waals surface area contributed by atoms with Gasteiger partial charge in [0, 0.05) is 12.1 Å². The molecule has 0 aliphatic rings. The zero-order chi connectivity index (χ0) is 19.9. The molecule has 140 valence electrons. The number of hydrogen-bond donors (Lipinski definition) is 0. The Morgan fingerprint density at radius 1 is 1.04 bits per heavy atom. The Morgan fingerprint density at radius 2 is 1.64 bits per heavy atom. The van der Waals surface area contributed by atoms with E-state index >= 15 is 0 Å². The largest absolute Gasteiger partial charge is 0.466 e. The van der Waals surface area contributed by atoms with Gasteiger partial charge in [-0.25, -0.2) is 0 Å². The van der Waals surface area contributed by atoms with Gasteiger partial charge in [-0.05, 0) is 24.1 Å². The number of esters is 1. The van der Waals surface area contributed by atoms with Gasteiger partial charge < -0.3 is 9.30 Å². The monoisotopic (exact) mass is 372 g/mol. The van der Waals surface area contributed by atoms with Gasteiger partial charge in [0.25, 0.3) is 5.56 Å². The van der Waals surface area contributed by atoms with Crippen LogP contribution in [0.2, 0.25) is 0 Å².